The summed E-state index contributed by atoms with van der Waals surface area (Å²) >= 11 is 0. The van der Waals surface area contributed by atoms with E-state index in [-0.39, 0.29) is 0 Å². The number of nitrogens with two attached hydrogens (primary N) is 1. The molecule has 1 aliphatic heterocycles. The third-order valence-corrected chi connectivity index (χ3v) is 3.63. The number of nitrogen functional groups attached to an aromatic ring is 1. The lowest BCUT2D eigenvalue weighted by molar-refractivity contribution is 0.352. The maximum absolute atomic E-state index is 6.00. The summed E-state index contributed by atoms with van der Waals surface area (Å²) in [5, 5.41) is 8.15. The van der Waals surface area contributed by atoms with Crippen LogP contribution in [0.2, 0.25) is 0 Å². The molecule has 1 saturated carbocycles. The Morgan fingerprint density at radius 1 is 1.38 bits per heavy atom. The first-order valence-corrected chi connectivity index (χ1v) is 6.39. The van der Waals surface area contributed by atoms with E-state index in [0.29, 0.717) is 12.0 Å². The van der Waals surface area contributed by atoms with Crippen LogP contribution in [0.4, 0.5) is 5.82 Å². The summed E-state index contributed by atoms with van der Waals surface area (Å²) in [5.41, 5.74) is 7.20. The highest BCUT2D eigenvalue weighted by atomic mass is 15.3. The molecule has 0 bridgehead atoms. The summed E-state index contributed by atoms with van der Waals surface area (Å²) in [6, 6.07) is 2.61. The van der Waals surface area contributed by atoms with Crippen molar-refractivity contribution < 1.29 is 0 Å². The quantitative estimate of drug-likeness (QED) is 0.811. The van der Waals surface area contributed by atoms with Gasteiger partial charge in [-0.15, -0.1) is 0 Å². The molecule has 2 heterocycles. The molecule has 4 heteroatoms. The van der Waals surface area contributed by atoms with E-state index >= 15 is 0 Å². The van der Waals surface area contributed by atoms with Crippen LogP contribution < -0.4 is 11.1 Å². The van der Waals surface area contributed by atoms with Crippen molar-refractivity contribution in [1.29, 1.82) is 0 Å². The maximum Gasteiger partial charge on any atom is 0.121 e. The van der Waals surface area contributed by atoms with Crippen molar-refractivity contribution in [2.24, 2.45) is 0 Å². The van der Waals surface area contributed by atoms with E-state index in [2.05, 4.69) is 16.5 Å². The molecule has 1 aliphatic carbocycles. The molecule has 0 unspecified atom stereocenters. The van der Waals surface area contributed by atoms with Crippen LogP contribution >= 0.6 is 0 Å². The van der Waals surface area contributed by atoms with Crippen molar-refractivity contribution in [2.45, 2.75) is 50.6 Å². The summed E-state index contributed by atoms with van der Waals surface area (Å²) in [6.45, 7) is 2.07. The molecule has 3 N–H and O–H groups in total. The third kappa shape index (κ3) is 2.07. The fourth-order valence-electron chi connectivity index (χ4n) is 2.47. The standard InChI is InChI=1S/C12H20N4/c13-12-7-11(9-4-5-9)15-16(12)8-10-3-1-2-6-14-10/h7,9-10,14H,1-6,8,13H2/t10-/m1/s1. The van der Waals surface area contributed by atoms with Crippen LogP contribution in [0.5, 0.6) is 0 Å². The molecule has 1 aromatic heterocycles. The van der Waals surface area contributed by atoms with Crippen LogP contribution in [-0.4, -0.2) is 22.4 Å². The first-order chi connectivity index (χ1) is 7.83. The number of rotatable bonds is 3. The summed E-state index contributed by atoms with van der Waals surface area (Å²) in [5.74, 6) is 1.53. The largest absolute Gasteiger partial charge is 0.384 e. The zero-order chi connectivity index (χ0) is 11.0. The van der Waals surface area contributed by atoms with Crippen molar-refractivity contribution in [2.75, 3.05) is 12.3 Å². The topological polar surface area (TPSA) is 55.9 Å². The molecule has 1 saturated heterocycles. The fraction of sp³-hybridized carbons (Fsp3) is 0.750. The van der Waals surface area contributed by atoms with Crippen LogP contribution in [0.3, 0.4) is 0 Å². The molecule has 1 atom stereocenters. The molecule has 2 aliphatic rings. The summed E-state index contributed by atoms with van der Waals surface area (Å²) in [6.07, 6.45) is 6.46. The minimum absolute atomic E-state index is 0.558. The van der Waals surface area contributed by atoms with Crippen molar-refractivity contribution in [1.82, 2.24) is 15.1 Å². The van der Waals surface area contributed by atoms with Gasteiger partial charge in [-0.25, -0.2) is 4.68 Å². The fourth-order valence-corrected chi connectivity index (χ4v) is 2.47. The van der Waals surface area contributed by atoms with Crippen LogP contribution in [0.15, 0.2) is 6.07 Å². The number of nitrogens with one attached hydrogen (secondary N) is 1. The molecule has 1 aromatic rings. The van der Waals surface area contributed by atoms with Gasteiger partial charge in [0.25, 0.3) is 0 Å². The van der Waals surface area contributed by atoms with Crippen molar-refractivity contribution >= 4 is 5.82 Å². The Morgan fingerprint density at radius 2 is 2.25 bits per heavy atom. The smallest absolute Gasteiger partial charge is 0.121 e. The number of hydrogen-bond donors (Lipinski definition) is 2. The Kier molecular flexibility index (Phi) is 2.59. The molecule has 0 spiro atoms. The van der Waals surface area contributed by atoms with Gasteiger partial charge < -0.3 is 11.1 Å². The van der Waals surface area contributed by atoms with E-state index < -0.39 is 0 Å². The number of aromatic nitrogens is 2. The van der Waals surface area contributed by atoms with E-state index in [1.54, 1.807) is 0 Å². The second-order valence-electron chi connectivity index (χ2n) is 5.10. The van der Waals surface area contributed by atoms with Gasteiger partial charge in [-0.3, -0.25) is 0 Å². The van der Waals surface area contributed by atoms with Crippen LogP contribution in [-0.2, 0) is 6.54 Å². The molecule has 2 fully saturated rings. The van der Waals surface area contributed by atoms with Crippen molar-refractivity contribution in [3.05, 3.63) is 11.8 Å². The van der Waals surface area contributed by atoms with E-state index in [9.17, 15) is 0 Å². The molecule has 4 nitrogen and oxygen atoms in total. The van der Waals surface area contributed by atoms with Crippen molar-refractivity contribution in [3.8, 4) is 0 Å². The average Bonchev–Trinajstić information content (AvgIpc) is 3.07. The summed E-state index contributed by atoms with van der Waals surface area (Å²) < 4.78 is 1.98. The normalized spacial score (nSPS) is 25.9. The van der Waals surface area contributed by atoms with Gasteiger partial charge in [0.15, 0.2) is 0 Å². The molecule has 0 radical (unpaired) electrons. The van der Waals surface area contributed by atoms with Gasteiger partial charge in [0, 0.05) is 18.0 Å². The lowest BCUT2D eigenvalue weighted by Gasteiger charge is -2.23. The predicted octanol–water partition coefficient (Wildman–Crippen LogP) is 1.48. The lowest BCUT2D eigenvalue weighted by Crippen LogP contribution is -2.37. The molecular formula is C12H20N4. The first-order valence-electron chi connectivity index (χ1n) is 6.39. The first kappa shape index (κ1) is 10.1. The number of hydrogen-bond acceptors (Lipinski definition) is 3. The highest BCUT2D eigenvalue weighted by Crippen LogP contribution is 2.39. The third-order valence-electron chi connectivity index (χ3n) is 3.63. The van der Waals surface area contributed by atoms with E-state index in [1.165, 1.54) is 37.8 Å². The number of nitrogens with zero attached hydrogens (tertiary/aromatic N) is 2. The molecule has 16 heavy (non-hydrogen) atoms. The highest BCUT2D eigenvalue weighted by molar-refractivity contribution is 5.33. The summed E-state index contributed by atoms with van der Waals surface area (Å²) in [7, 11) is 0. The molecule has 0 aromatic carbocycles. The lowest BCUT2D eigenvalue weighted by atomic mass is 10.1. The second-order valence-corrected chi connectivity index (χ2v) is 5.10. The Labute approximate surface area is 96.2 Å². The zero-order valence-electron chi connectivity index (χ0n) is 9.65. The Hall–Kier alpha value is -1.03. The highest BCUT2D eigenvalue weighted by Gasteiger charge is 2.27. The van der Waals surface area contributed by atoms with Gasteiger partial charge >= 0.3 is 0 Å². The molecular weight excluding hydrogens is 200 g/mol. The van der Waals surface area contributed by atoms with E-state index in [4.69, 9.17) is 5.73 Å². The average molecular weight is 220 g/mol. The minimum atomic E-state index is 0.558. The second kappa shape index (κ2) is 4.09. The molecule has 0 amide bonds. The Bertz CT molecular complexity index is 361. The van der Waals surface area contributed by atoms with Crippen LogP contribution in [0.1, 0.15) is 43.7 Å². The van der Waals surface area contributed by atoms with Gasteiger partial charge in [-0.2, -0.15) is 5.10 Å². The van der Waals surface area contributed by atoms with Crippen LogP contribution in [0, 0.1) is 0 Å². The number of piperidine rings is 1. The zero-order valence-corrected chi connectivity index (χ0v) is 9.65. The Balaban J connectivity index is 1.68. The maximum atomic E-state index is 6.00. The van der Waals surface area contributed by atoms with Gasteiger partial charge in [0.05, 0.1) is 12.2 Å². The summed E-state index contributed by atoms with van der Waals surface area (Å²) in [4.78, 5) is 0. The Morgan fingerprint density at radius 3 is 2.94 bits per heavy atom. The van der Waals surface area contributed by atoms with E-state index in [0.717, 1.165) is 18.9 Å². The van der Waals surface area contributed by atoms with Gasteiger partial charge in [0.1, 0.15) is 5.82 Å². The molecule has 88 valence electrons. The van der Waals surface area contributed by atoms with Gasteiger partial charge in [-0.05, 0) is 32.2 Å². The SMILES string of the molecule is Nc1cc(C2CC2)nn1C[C@H]1CCCCN1. The predicted molar refractivity (Wildman–Crippen MR) is 64.3 cm³/mol. The number of anilines is 1. The van der Waals surface area contributed by atoms with Crippen molar-refractivity contribution in [3.63, 3.8) is 0 Å². The minimum Gasteiger partial charge on any atom is -0.384 e. The monoisotopic (exact) mass is 220 g/mol. The van der Waals surface area contributed by atoms with Gasteiger partial charge in [-0.1, -0.05) is 6.42 Å². The van der Waals surface area contributed by atoms with E-state index in [1.807, 2.05) is 4.68 Å². The van der Waals surface area contributed by atoms with Gasteiger partial charge in [0.2, 0.25) is 0 Å². The van der Waals surface area contributed by atoms with Crippen LogP contribution in [0.25, 0.3) is 0 Å². The molecule has 3 rings (SSSR count).